The number of halogens is 5. The molecule has 1 unspecified atom stereocenters. The Bertz CT molecular complexity index is 1760. The number of esters is 1. The van der Waals surface area contributed by atoms with Gasteiger partial charge < -0.3 is 24.1 Å². The standard InChI is InChI=1S/C29H28Cl2F3N5O4/c1-3-37(4-2)26(41)27(43-28(42)29(32,33)34)38-15-18(17-7-5-6-8-22(17)38)24-25(40)39(16-9-11-35-12-10-16)23-14-20(31)19(30)13-21(23)36-24/h5-8,13-16,27,35H,3-4,9-12H2,1-2H3. The third kappa shape index (κ3) is 5.83. The van der Waals surface area contributed by atoms with Gasteiger partial charge in [0, 0.05) is 36.3 Å². The number of amides is 1. The number of hydrogen-bond acceptors (Lipinski definition) is 6. The summed E-state index contributed by atoms with van der Waals surface area (Å²) < 4.78 is 47.6. The second-order valence-electron chi connectivity index (χ2n) is 10.1. The first-order valence-electron chi connectivity index (χ1n) is 13.7. The van der Waals surface area contributed by atoms with Gasteiger partial charge in [-0.3, -0.25) is 9.59 Å². The van der Waals surface area contributed by atoms with Gasteiger partial charge in [-0.15, -0.1) is 0 Å². The number of benzene rings is 2. The van der Waals surface area contributed by atoms with E-state index in [4.69, 9.17) is 27.9 Å². The summed E-state index contributed by atoms with van der Waals surface area (Å²) in [4.78, 5) is 45.6. The number of alkyl halides is 3. The van der Waals surface area contributed by atoms with Crippen LogP contribution in [0.5, 0.6) is 0 Å². The molecule has 14 heteroatoms. The molecule has 9 nitrogen and oxygen atoms in total. The summed E-state index contributed by atoms with van der Waals surface area (Å²) in [6.45, 7) is 5.02. The maximum atomic E-state index is 14.2. The highest BCUT2D eigenvalue weighted by Gasteiger charge is 2.44. The lowest BCUT2D eigenvalue weighted by molar-refractivity contribution is -0.210. The van der Waals surface area contributed by atoms with E-state index in [1.165, 1.54) is 11.1 Å². The molecule has 2 aromatic carbocycles. The molecule has 1 saturated heterocycles. The Labute approximate surface area is 254 Å². The van der Waals surface area contributed by atoms with Gasteiger partial charge in [0.05, 0.1) is 26.6 Å². The number of nitrogens with one attached hydrogen (secondary N) is 1. The van der Waals surface area contributed by atoms with Crippen LogP contribution in [-0.4, -0.2) is 63.2 Å². The first-order valence-corrected chi connectivity index (χ1v) is 14.5. The molecule has 3 heterocycles. The third-order valence-electron chi connectivity index (χ3n) is 7.59. The van der Waals surface area contributed by atoms with Crippen molar-refractivity contribution >= 4 is 57.0 Å². The molecule has 43 heavy (non-hydrogen) atoms. The first-order chi connectivity index (χ1) is 20.5. The molecular formula is C29H28Cl2F3N5O4. The average molecular weight is 638 g/mol. The van der Waals surface area contributed by atoms with E-state index in [9.17, 15) is 27.6 Å². The van der Waals surface area contributed by atoms with Crippen molar-refractivity contribution in [2.24, 2.45) is 0 Å². The van der Waals surface area contributed by atoms with Gasteiger partial charge in [0.1, 0.15) is 5.69 Å². The molecular weight excluding hydrogens is 610 g/mol. The van der Waals surface area contributed by atoms with Crippen LogP contribution in [-0.2, 0) is 14.3 Å². The van der Waals surface area contributed by atoms with Crippen molar-refractivity contribution in [2.45, 2.75) is 45.1 Å². The van der Waals surface area contributed by atoms with Crippen LogP contribution in [0.25, 0.3) is 33.2 Å². The topological polar surface area (TPSA) is 98.5 Å². The molecule has 0 saturated carbocycles. The summed E-state index contributed by atoms with van der Waals surface area (Å²) in [7, 11) is 0. The van der Waals surface area contributed by atoms with E-state index in [0.29, 0.717) is 42.4 Å². The Kier molecular flexibility index (Phi) is 8.73. The van der Waals surface area contributed by atoms with E-state index in [1.807, 2.05) is 0 Å². The quantitative estimate of drug-likeness (QED) is 0.260. The highest BCUT2D eigenvalue weighted by molar-refractivity contribution is 6.42. The number of fused-ring (bicyclic) bond motifs is 2. The Hall–Kier alpha value is -3.61. The molecule has 0 spiro atoms. The summed E-state index contributed by atoms with van der Waals surface area (Å²) in [5.74, 6) is -3.36. The van der Waals surface area contributed by atoms with Crippen molar-refractivity contribution in [1.29, 1.82) is 0 Å². The summed E-state index contributed by atoms with van der Waals surface area (Å²) in [6.07, 6.45) is -4.67. The minimum atomic E-state index is -5.34. The number of likely N-dealkylation sites (N-methyl/N-ethyl adjacent to an activating group) is 1. The second kappa shape index (κ2) is 12.2. The number of nitrogens with zero attached hydrogens (tertiary/aromatic N) is 4. The summed E-state index contributed by atoms with van der Waals surface area (Å²) >= 11 is 12.7. The first kappa shape index (κ1) is 30.8. The Morgan fingerprint density at radius 1 is 1.09 bits per heavy atom. The fourth-order valence-corrected chi connectivity index (χ4v) is 5.79. The minimum Gasteiger partial charge on any atom is -0.425 e. The van der Waals surface area contributed by atoms with Crippen LogP contribution in [0, 0.1) is 0 Å². The molecule has 1 atom stereocenters. The number of aromatic nitrogens is 3. The van der Waals surface area contributed by atoms with E-state index in [-0.39, 0.29) is 46.0 Å². The number of carbonyl (C=O) groups excluding carboxylic acids is 2. The summed E-state index contributed by atoms with van der Waals surface area (Å²) in [5.41, 5.74) is 0.944. The Morgan fingerprint density at radius 3 is 2.40 bits per heavy atom. The average Bonchev–Trinajstić information content (AvgIpc) is 3.36. The van der Waals surface area contributed by atoms with E-state index in [2.05, 4.69) is 10.3 Å². The van der Waals surface area contributed by atoms with E-state index < -0.39 is 29.8 Å². The normalized spacial score (nSPS) is 15.1. The number of carbonyl (C=O) groups is 2. The van der Waals surface area contributed by atoms with Crippen molar-refractivity contribution in [3.8, 4) is 11.3 Å². The lowest BCUT2D eigenvalue weighted by Gasteiger charge is -2.27. The van der Waals surface area contributed by atoms with Crippen LogP contribution in [0.4, 0.5) is 13.2 Å². The van der Waals surface area contributed by atoms with Crippen LogP contribution in [0.15, 0.2) is 47.4 Å². The monoisotopic (exact) mass is 637 g/mol. The van der Waals surface area contributed by atoms with Crippen molar-refractivity contribution in [3.63, 3.8) is 0 Å². The highest BCUT2D eigenvalue weighted by Crippen LogP contribution is 2.35. The molecule has 0 radical (unpaired) electrons. The van der Waals surface area contributed by atoms with E-state index >= 15 is 0 Å². The number of piperidine rings is 1. The smallest absolute Gasteiger partial charge is 0.425 e. The summed E-state index contributed by atoms with van der Waals surface area (Å²) in [5, 5.41) is 4.18. The molecule has 1 aliphatic rings. The molecule has 228 valence electrons. The molecule has 0 bridgehead atoms. The maximum absolute atomic E-state index is 14.2. The number of hydrogen-bond donors (Lipinski definition) is 1. The molecule has 4 aromatic rings. The number of ether oxygens (including phenoxy) is 1. The number of rotatable bonds is 7. The molecule has 1 aliphatic heterocycles. The van der Waals surface area contributed by atoms with Gasteiger partial charge in [0.15, 0.2) is 0 Å². The highest BCUT2D eigenvalue weighted by atomic mass is 35.5. The zero-order valence-electron chi connectivity index (χ0n) is 23.3. The molecule has 0 aliphatic carbocycles. The zero-order valence-corrected chi connectivity index (χ0v) is 24.8. The van der Waals surface area contributed by atoms with E-state index in [0.717, 1.165) is 4.57 Å². The van der Waals surface area contributed by atoms with Crippen molar-refractivity contribution < 1.29 is 27.5 Å². The molecule has 5 rings (SSSR count). The largest absolute Gasteiger partial charge is 0.491 e. The molecule has 1 N–H and O–H groups in total. The SMILES string of the molecule is CCN(CC)C(=O)C(OC(=O)C(F)(F)F)n1cc(-c2nc3cc(Cl)c(Cl)cc3n(C3CCNCC3)c2=O)c2ccccc21. The number of para-hydroxylation sites is 1. The van der Waals surface area contributed by atoms with Gasteiger partial charge in [-0.2, -0.15) is 13.2 Å². The van der Waals surface area contributed by atoms with Gasteiger partial charge in [-0.05, 0) is 58.0 Å². The van der Waals surface area contributed by atoms with Crippen molar-refractivity contribution in [2.75, 3.05) is 26.2 Å². The lowest BCUT2D eigenvalue weighted by atomic mass is 10.0. The minimum absolute atomic E-state index is 0.00411. The van der Waals surface area contributed by atoms with Gasteiger partial charge >= 0.3 is 12.1 Å². The molecule has 1 amide bonds. The maximum Gasteiger partial charge on any atom is 0.491 e. The van der Waals surface area contributed by atoms with Gasteiger partial charge in [-0.1, -0.05) is 41.4 Å². The molecule has 2 aromatic heterocycles. The second-order valence-corrected chi connectivity index (χ2v) is 10.9. The predicted octanol–water partition coefficient (Wildman–Crippen LogP) is 5.72. The lowest BCUT2D eigenvalue weighted by Crippen LogP contribution is -2.41. The third-order valence-corrected chi connectivity index (χ3v) is 8.31. The van der Waals surface area contributed by atoms with Crippen molar-refractivity contribution in [1.82, 2.24) is 24.3 Å². The van der Waals surface area contributed by atoms with Crippen LogP contribution in [0.2, 0.25) is 10.0 Å². The van der Waals surface area contributed by atoms with E-state index in [1.54, 1.807) is 54.8 Å². The van der Waals surface area contributed by atoms with Crippen molar-refractivity contribution in [3.05, 3.63) is 63.0 Å². The van der Waals surface area contributed by atoms with Gasteiger partial charge in [0.2, 0.25) is 0 Å². The van der Waals surface area contributed by atoms with Crippen LogP contribution < -0.4 is 10.9 Å². The fraction of sp³-hybridized carbons (Fsp3) is 0.379. The Morgan fingerprint density at radius 2 is 1.74 bits per heavy atom. The fourth-order valence-electron chi connectivity index (χ4n) is 5.48. The molecule has 1 fully saturated rings. The van der Waals surface area contributed by atoms with Crippen LogP contribution in [0.3, 0.4) is 0 Å². The van der Waals surface area contributed by atoms with Gasteiger partial charge in [-0.25, -0.2) is 9.78 Å². The Balaban J connectivity index is 1.77. The van der Waals surface area contributed by atoms with Crippen LogP contribution >= 0.6 is 23.2 Å². The zero-order chi connectivity index (χ0) is 31.1. The predicted molar refractivity (Wildman–Crippen MR) is 157 cm³/mol. The summed E-state index contributed by atoms with van der Waals surface area (Å²) in [6, 6.07) is 9.48. The van der Waals surface area contributed by atoms with Crippen LogP contribution in [0.1, 0.15) is 39.0 Å². The van der Waals surface area contributed by atoms with Gasteiger partial charge in [0.25, 0.3) is 17.7 Å².